The summed E-state index contributed by atoms with van der Waals surface area (Å²) in [7, 11) is -3.03. The second-order valence-corrected chi connectivity index (χ2v) is 8.60. The Labute approximate surface area is 99.7 Å². The van der Waals surface area contributed by atoms with E-state index in [2.05, 4.69) is 13.8 Å². The van der Waals surface area contributed by atoms with Gasteiger partial charge in [0.15, 0.2) is 9.84 Å². The van der Waals surface area contributed by atoms with Crippen LogP contribution in [-0.4, -0.2) is 25.5 Å². The Morgan fingerprint density at radius 1 is 1.38 bits per heavy atom. The quantitative estimate of drug-likeness (QED) is 0.829. The van der Waals surface area contributed by atoms with Crippen molar-refractivity contribution in [2.75, 3.05) is 5.75 Å². The van der Waals surface area contributed by atoms with Crippen LogP contribution in [0.4, 0.5) is 0 Å². The Bertz CT molecular complexity index is 333. The second-order valence-electron chi connectivity index (χ2n) is 6.33. The van der Waals surface area contributed by atoms with Gasteiger partial charge in [-0.25, -0.2) is 8.42 Å². The van der Waals surface area contributed by atoms with E-state index in [1.54, 1.807) is 0 Å². The predicted octanol–water partition coefficient (Wildman–Crippen LogP) is 1.96. The van der Waals surface area contributed by atoms with Crippen LogP contribution >= 0.6 is 0 Å². The molecule has 1 saturated carbocycles. The van der Waals surface area contributed by atoms with Crippen molar-refractivity contribution in [2.24, 2.45) is 17.1 Å². The second kappa shape index (κ2) is 4.65. The van der Waals surface area contributed by atoms with Crippen molar-refractivity contribution >= 4 is 9.84 Å². The summed E-state index contributed by atoms with van der Waals surface area (Å²) >= 11 is 0. The highest BCUT2D eigenvalue weighted by molar-refractivity contribution is 7.92. The first kappa shape index (κ1) is 14.0. The summed E-state index contributed by atoms with van der Waals surface area (Å²) < 4.78 is 24.4. The van der Waals surface area contributed by atoms with Gasteiger partial charge in [-0.15, -0.1) is 0 Å². The highest BCUT2D eigenvalue weighted by atomic mass is 32.2. The van der Waals surface area contributed by atoms with Gasteiger partial charge in [0.1, 0.15) is 0 Å². The van der Waals surface area contributed by atoms with E-state index in [4.69, 9.17) is 5.73 Å². The van der Waals surface area contributed by atoms with E-state index in [1.807, 2.05) is 13.8 Å². The molecule has 0 spiro atoms. The minimum absolute atomic E-state index is 0.116. The van der Waals surface area contributed by atoms with E-state index in [0.29, 0.717) is 6.42 Å². The van der Waals surface area contributed by atoms with E-state index in [-0.39, 0.29) is 28.4 Å². The molecule has 0 aliphatic heterocycles. The van der Waals surface area contributed by atoms with Gasteiger partial charge in [0, 0.05) is 6.04 Å². The normalized spacial score (nSPS) is 30.6. The van der Waals surface area contributed by atoms with Gasteiger partial charge in [-0.1, -0.05) is 27.7 Å². The van der Waals surface area contributed by atoms with Crippen molar-refractivity contribution in [3.8, 4) is 0 Å². The molecule has 0 heterocycles. The fourth-order valence-electron chi connectivity index (χ4n) is 2.52. The van der Waals surface area contributed by atoms with Gasteiger partial charge in [0.25, 0.3) is 0 Å². The molecule has 3 nitrogen and oxygen atoms in total. The lowest BCUT2D eigenvalue weighted by atomic mass is 9.75. The maximum Gasteiger partial charge on any atom is 0.154 e. The van der Waals surface area contributed by atoms with Crippen LogP contribution in [0, 0.1) is 11.3 Å². The molecule has 4 heteroatoms. The number of sulfone groups is 1. The van der Waals surface area contributed by atoms with Gasteiger partial charge in [-0.3, -0.25) is 0 Å². The molecule has 0 amide bonds. The van der Waals surface area contributed by atoms with Gasteiger partial charge in [0.05, 0.1) is 11.0 Å². The van der Waals surface area contributed by atoms with E-state index >= 15 is 0 Å². The zero-order valence-electron chi connectivity index (χ0n) is 10.9. The third-order valence-corrected chi connectivity index (χ3v) is 5.98. The van der Waals surface area contributed by atoms with E-state index in [0.717, 1.165) is 12.8 Å². The predicted molar refractivity (Wildman–Crippen MR) is 68.0 cm³/mol. The van der Waals surface area contributed by atoms with E-state index in [1.165, 1.54) is 0 Å². The Morgan fingerprint density at radius 3 is 2.44 bits per heavy atom. The Morgan fingerprint density at radius 2 is 1.94 bits per heavy atom. The highest BCUT2D eigenvalue weighted by Crippen LogP contribution is 2.38. The first-order valence-electron chi connectivity index (χ1n) is 6.11. The van der Waals surface area contributed by atoms with Crippen LogP contribution in [0.1, 0.15) is 47.0 Å². The third-order valence-electron chi connectivity index (χ3n) is 3.41. The third kappa shape index (κ3) is 3.45. The summed E-state index contributed by atoms with van der Waals surface area (Å²) in [5.74, 6) is 0.448. The monoisotopic (exact) mass is 247 g/mol. The molecule has 16 heavy (non-hydrogen) atoms. The number of nitrogens with two attached hydrogens (primary N) is 1. The van der Waals surface area contributed by atoms with Gasteiger partial charge in [-0.05, 0) is 30.6 Å². The Kier molecular flexibility index (Phi) is 4.06. The van der Waals surface area contributed by atoms with Gasteiger partial charge >= 0.3 is 0 Å². The average molecular weight is 247 g/mol. The van der Waals surface area contributed by atoms with Gasteiger partial charge in [-0.2, -0.15) is 0 Å². The van der Waals surface area contributed by atoms with E-state index in [9.17, 15) is 8.42 Å². The fraction of sp³-hybridized carbons (Fsp3) is 1.00. The number of rotatable bonds is 3. The molecular formula is C12H25NO2S. The lowest BCUT2D eigenvalue weighted by Crippen LogP contribution is -2.48. The SMILES string of the molecule is CC(C)CS(=O)(=O)C1CC(C)(C)CCC1N. The molecule has 1 aliphatic carbocycles. The lowest BCUT2D eigenvalue weighted by molar-refractivity contribution is 0.227. The van der Waals surface area contributed by atoms with Crippen LogP contribution < -0.4 is 5.73 Å². The number of hydrogen-bond acceptors (Lipinski definition) is 3. The van der Waals surface area contributed by atoms with Crippen molar-refractivity contribution in [1.82, 2.24) is 0 Å². The highest BCUT2D eigenvalue weighted by Gasteiger charge is 2.40. The molecule has 1 aliphatic rings. The Hall–Kier alpha value is -0.0900. The first-order valence-corrected chi connectivity index (χ1v) is 7.83. The summed E-state index contributed by atoms with van der Waals surface area (Å²) in [6.07, 6.45) is 2.57. The molecule has 0 radical (unpaired) electrons. The molecule has 2 unspecified atom stereocenters. The molecule has 1 rings (SSSR count). The minimum Gasteiger partial charge on any atom is -0.327 e. The zero-order valence-corrected chi connectivity index (χ0v) is 11.7. The zero-order chi connectivity index (χ0) is 12.6. The van der Waals surface area contributed by atoms with E-state index < -0.39 is 9.84 Å². The van der Waals surface area contributed by atoms with Crippen molar-refractivity contribution in [2.45, 2.75) is 58.2 Å². The van der Waals surface area contributed by atoms with Crippen molar-refractivity contribution in [3.05, 3.63) is 0 Å². The molecule has 1 fully saturated rings. The molecule has 96 valence electrons. The Balaban J connectivity index is 2.84. The maximum atomic E-state index is 12.2. The van der Waals surface area contributed by atoms with Crippen LogP contribution in [0.3, 0.4) is 0 Å². The largest absolute Gasteiger partial charge is 0.327 e. The summed E-state index contributed by atoms with van der Waals surface area (Å²) in [5.41, 5.74) is 6.10. The van der Waals surface area contributed by atoms with Crippen molar-refractivity contribution in [1.29, 1.82) is 0 Å². The summed E-state index contributed by atoms with van der Waals surface area (Å²) in [6.45, 7) is 8.15. The van der Waals surface area contributed by atoms with Gasteiger partial charge in [0.2, 0.25) is 0 Å². The average Bonchev–Trinajstić information content (AvgIpc) is 2.07. The molecule has 2 atom stereocenters. The lowest BCUT2D eigenvalue weighted by Gasteiger charge is -2.39. The minimum atomic E-state index is -3.03. The molecule has 2 N–H and O–H groups in total. The maximum absolute atomic E-state index is 12.2. The molecule has 0 aromatic rings. The standard InChI is InChI=1S/C12H25NO2S/c1-9(2)8-16(14,15)11-7-12(3,4)6-5-10(11)13/h9-11H,5-8,13H2,1-4H3. The van der Waals surface area contributed by atoms with Crippen LogP contribution in [-0.2, 0) is 9.84 Å². The summed E-state index contributed by atoms with van der Waals surface area (Å²) in [5, 5.41) is -0.335. The topological polar surface area (TPSA) is 60.2 Å². The van der Waals surface area contributed by atoms with Crippen LogP contribution in [0.25, 0.3) is 0 Å². The van der Waals surface area contributed by atoms with Crippen molar-refractivity contribution in [3.63, 3.8) is 0 Å². The summed E-state index contributed by atoms with van der Waals surface area (Å²) in [4.78, 5) is 0. The van der Waals surface area contributed by atoms with Crippen molar-refractivity contribution < 1.29 is 8.42 Å². The smallest absolute Gasteiger partial charge is 0.154 e. The fourth-order valence-corrected chi connectivity index (χ4v) is 5.07. The molecule has 0 bridgehead atoms. The molecular weight excluding hydrogens is 222 g/mol. The molecule has 0 aromatic carbocycles. The number of hydrogen-bond donors (Lipinski definition) is 1. The van der Waals surface area contributed by atoms with Crippen LogP contribution in [0.5, 0.6) is 0 Å². The molecule has 0 aromatic heterocycles. The van der Waals surface area contributed by atoms with Crippen LogP contribution in [0.2, 0.25) is 0 Å². The molecule has 0 saturated heterocycles. The van der Waals surface area contributed by atoms with Crippen LogP contribution in [0.15, 0.2) is 0 Å². The summed E-state index contributed by atoms with van der Waals surface area (Å²) in [6, 6.07) is -0.170. The van der Waals surface area contributed by atoms with Gasteiger partial charge < -0.3 is 5.73 Å². The first-order chi connectivity index (χ1) is 7.14.